The van der Waals surface area contributed by atoms with Gasteiger partial charge in [-0.2, -0.15) is 0 Å². The van der Waals surface area contributed by atoms with Crippen LogP contribution in [0.3, 0.4) is 0 Å². The highest BCUT2D eigenvalue weighted by atomic mass is 35.5. The second kappa shape index (κ2) is 5.33. The summed E-state index contributed by atoms with van der Waals surface area (Å²) in [6, 6.07) is 7.70. The average Bonchev–Trinajstić information content (AvgIpc) is 2.67. The Bertz CT molecular complexity index is 443. The third kappa shape index (κ3) is 3.57. The van der Waals surface area contributed by atoms with Gasteiger partial charge in [0, 0.05) is 16.8 Å². The van der Waals surface area contributed by atoms with E-state index in [2.05, 4.69) is 27.9 Å². The monoisotopic (exact) mass is 268 g/mol. The fourth-order valence-electron chi connectivity index (χ4n) is 1.43. The van der Waals surface area contributed by atoms with Gasteiger partial charge >= 0.3 is 0 Å². The van der Waals surface area contributed by atoms with Crippen molar-refractivity contribution in [1.82, 2.24) is 10.6 Å². The second-order valence-corrected chi connectivity index (χ2v) is 4.67. The molecule has 1 aliphatic heterocycles. The highest BCUT2D eigenvalue weighted by molar-refractivity contribution is 7.80. The molecule has 0 saturated carbocycles. The van der Waals surface area contributed by atoms with E-state index < -0.39 is 0 Å². The molecular weight excluding hydrogens is 256 g/mol. The Hall–Kier alpha value is -1.33. The number of nitrogens with one attached hydrogen (secondary N) is 3. The van der Waals surface area contributed by atoms with Crippen LogP contribution in [0.5, 0.6) is 0 Å². The lowest BCUT2D eigenvalue weighted by Crippen LogP contribution is -2.42. The van der Waals surface area contributed by atoms with Crippen LogP contribution < -0.4 is 16.0 Å². The van der Waals surface area contributed by atoms with Crippen LogP contribution in [-0.4, -0.2) is 23.7 Å². The molecule has 0 aromatic heterocycles. The van der Waals surface area contributed by atoms with Crippen molar-refractivity contribution in [1.29, 1.82) is 0 Å². The fraction of sp³-hybridized carbons (Fsp3) is 0.273. The van der Waals surface area contributed by atoms with Crippen molar-refractivity contribution in [3.8, 4) is 0 Å². The van der Waals surface area contributed by atoms with Crippen LogP contribution in [0.2, 0.25) is 5.02 Å². The molecular formula is C11H13ClN4S. The summed E-state index contributed by atoms with van der Waals surface area (Å²) < 4.78 is 0. The number of anilines is 1. The highest BCUT2D eigenvalue weighted by Crippen LogP contribution is 2.13. The van der Waals surface area contributed by atoms with Crippen molar-refractivity contribution in [2.24, 2.45) is 4.99 Å². The summed E-state index contributed by atoms with van der Waals surface area (Å²) in [5, 5.41) is 10.4. The SMILES string of the molecule is CC1CN=C(NC(=S)Nc2ccc(Cl)cc2)N1. The number of hydrogen-bond acceptors (Lipinski definition) is 3. The molecule has 1 heterocycles. The molecule has 1 aromatic carbocycles. The molecule has 17 heavy (non-hydrogen) atoms. The summed E-state index contributed by atoms with van der Waals surface area (Å²) in [5.41, 5.74) is 0.888. The van der Waals surface area contributed by atoms with E-state index in [1.165, 1.54) is 0 Å². The molecule has 0 aliphatic carbocycles. The smallest absolute Gasteiger partial charge is 0.197 e. The average molecular weight is 269 g/mol. The van der Waals surface area contributed by atoms with E-state index in [9.17, 15) is 0 Å². The molecule has 1 unspecified atom stereocenters. The van der Waals surface area contributed by atoms with Crippen LogP contribution in [-0.2, 0) is 0 Å². The van der Waals surface area contributed by atoms with Crippen LogP contribution in [0.1, 0.15) is 6.92 Å². The normalized spacial score (nSPS) is 18.2. The molecule has 0 radical (unpaired) electrons. The number of hydrogen-bond donors (Lipinski definition) is 3. The minimum absolute atomic E-state index is 0.357. The van der Waals surface area contributed by atoms with Gasteiger partial charge in [-0.15, -0.1) is 0 Å². The maximum Gasteiger partial charge on any atom is 0.197 e. The molecule has 1 aliphatic rings. The van der Waals surface area contributed by atoms with E-state index in [1.54, 1.807) is 12.1 Å². The molecule has 90 valence electrons. The van der Waals surface area contributed by atoms with Gasteiger partial charge in [-0.05, 0) is 43.4 Å². The standard InChI is InChI=1S/C11H13ClN4S/c1-7-6-13-10(14-7)16-11(17)15-9-4-2-8(12)3-5-9/h2-5,7H,6H2,1H3,(H3,13,14,15,16,17). The fourth-order valence-corrected chi connectivity index (χ4v) is 1.77. The van der Waals surface area contributed by atoms with Crippen molar-refractivity contribution in [3.05, 3.63) is 29.3 Å². The molecule has 1 atom stereocenters. The molecule has 0 bridgehead atoms. The van der Waals surface area contributed by atoms with Crippen LogP contribution in [0.4, 0.5) is 5.69 Å². The van der Waals surface area contributed by atoms with Gasteiger partial charge in [0.1, 0.15) is 0 Å². The lowest BCUT2D eigenvalue weighted by Gasteiger charge is -2.11. The first-order chi connectivity index (χ1) is 8.13. The molecule has 1 aromatic rings. The number of guanidine groups is 1. The van der Waals surface area contributed by atoms with E-state index in [-0.39, 0.29) is 0 Å². The third-order valence-electron chi connectivity index (χ3n) is 2.24. The third-order valence-corrected chi connectivity index (χ3v) is 2.70. The van der Waals surface area contributed by atoms with Gasteiger partial charge in [0.15, 0.2) is 11.1 Å². The molecule has 2 rings (SSSR count). The number of rotatable bonds is 1. The summed E-state index contributed by atoms with van der Waals surface area (Å²) in [6.45, 7) is 2.83. The summed E-state index contributed by atoms with van der Waals surface area (Å²) >= 11 is 11.0. The summed E-state index contributed by atoms with van der Waals surface area (Å²) in [5.74, 6) is 0.712. The predicted octanol–water partition coefficient (Wildman–Crippen LogP) is 1.97. The molecule has 0 fully saturated rings. The van der Waals surface area contributed by atoms with Crippen molar-refractivity contribution in [2.75, 3.05) is 11.9 Å². The van der Waals surface area contributed by atoms with E-state index in [0.717, 1.165) is 12.2 Å². The zero-order valence-corrected chi connectivity index (χ0v) is 10.9. The number of benzene rings is 1. The Morgan fingerprint density at radius 1 is 1.41 bits per heavy atom. The molecule has 0 spiro atoms. The van der Waals surface area contributed by atoms with Crippen molar-refractivity contribution in [3.63, 3.8) is 0 Å². The first-order valence-electron chi connectivity index (χ1n) is 5.28. The van der Waals surface area contributed by atoms with Crippen molar-refractivity contribution in [2.45, 2.75) is 13.0 Å². The number of thiocarbonyl (C=S) groups is 1. The quantitative estimate of drug-likeness (QED) is 0.682. The van der Waals surface area contributed by atoms with Gasteiger partial charge in [0.05, 0.1) is 6.54 Å². The van der Waals surface area contributed by atoms with Crippen LogP contribution in [0, 0.1) is 0 Å². The van der Waals surface area contributed by atoms with Crippen LogP contribution in [0.25, 0.3) is 0 Å². The van der Waals surface area contributed by atoms with E-state index in [0.29, 0.717) is 22.1 Å². The Kier molecular flexibility index (Phi) is 3.81. The number of aliphatic imine (C=N–C) groups is 1. The lowest BCUT2D eigenvalue weighted by molar-refractivity contribution is 0.722. The Labute approximate surface area is 110 Å². The topological polar surface area (TPSA) is 48.5 Å². The Morgan fingerprint density at radius 3 is 2.71 bits per heavy atom. The van der Waals surface area contributed by atoms with Gasteiger partial charge in [-0.3, -0.25) is 4.99 Å². The summed E-state index contributed by atoms with van der Waals surface area (Å²) in [4.78, 5) is 4.26. The Balaban J connectivity index is 1.87. The van der Waals surface area contributed by atoms with Crippen molar-refractivity contribution >= 4 is 40.6 Å². The largest absolute Gasteiger partial charge is 0.352 e. The van der Waals surface area contributed by atoms with Gasteiger partial charge in [-0.1, -0.05) is 11.6 Å². The highest BCUT2D eigenvalue weighted by Gasteiger charge is 2.12. The zero-order chi connectivity index (χ0) is 12.3. The Morgan fingerprint density at radius 2 is 2.12 bits per heavy atom. The van der Waals surface area contributed by atoms with E-state index >= 15 is 0 Å². The first-order valence-corrected chi connectivity index (χ1v) is 6.06. The molecule has 0 amide bonds. The predicted molar refractivity (Wildman–Crippen MR) is 75.7 cm³/mol. The molecule has 6 heteroatoms. The second-order valence-electron chi connectivity index (χ2n) is 3.82. The first kappa shape index (κ1) is 12.1. The zero-order valence-electron chi connectivity index (χ0n) is 9.33. The molecule has 0 saturated heterocycles. The number of halogens is 1. The number of nitrogens with zero attached hydrogens (tertiary/aromatic N) is 1. The van der Waals surface area contributed by atoms with Gasteiger partial charge in [0.2, 0.25) is 0 Å². The van der Waals surface area contributed by atoms with E-state index in [1.807, 2.05) is 12.1 Å². The van der Waals surface area contributed by atoms with Crippen LogP contribution >= 0.6 is 23.8 Å². The minimum Gasteiger partial charge on any atom is -0.352 e. The maximum absolute atomic E-state index is 5.80. The summed E-state index contributed by atoms with van der Waals surface area (Å²) in [6.07, 6.45) is 0. The van der Waals surface area contributed by atoms with E-state index in [4.69, 9.17) is 23.8 Å². The molecule has 4 nitrogen and oxygen atoms in total. The van der Waals surface area contributed by atoms with Crippen molar-refractivity contribution < 1.29 is 0 Å². The molecule has 3 N–H and O–H groups in total. The van der Waals surface area contributed by atoms with Gasteiger partial charge in [-0.25, -0.2) is 0 Å². The van der Waals surface area contributed by atoms with Crippen LogP contribution in [0.15, 0.2) is 29.3 Å². The summed E-state index contributed by atoms with van der Waals surface area (Å²) in [7, 11) is 0. The van der Waals surface area contributed by atoms with Gasteiger partial charge < -0.3 is 16.0 Å². The van der Waals surface area contributed by atoms with Gasteiger partial charge in [0.25, 0.3) is 0 Å². The lowest BCUT2D eigenvalue weighted by atomic mass is 10.3. The minimum atomic E-state index is 0.357. The maximum atomic E-state index is 5.80.